The summed E-state index contributed by atoms with van der Waals surface area (Å²) in [6.45, 7) is 3.03. The number of hydrogen-bond donors (Lipinski definition) is 0. The van der Waals surface area contributed by atoms with Crippen molar-refractivity contribution in [3.05, 3.63) is 54.6 Å². The molecular formula is C15H17N3. The van der Waals surface area contributed by atoms with Crippen LogP contribution in [0.1, 0.15) is 18.9 Å². The molecule has 0 unspecified atom stereocenters. The molecule has 0 amide bonds. The van der Waals surface area contributed by atoms with Gasteiger partial charge in [-0.25, -0.2) is 4.98 Å². The van der Waals surface area contributed by atoms with Crippen molar-refractivity contribution in [3.8, 4) is 0 Å². The van der Waals surface area contributed by atoms with Crippen LogP contribution in [0.5, 0.6) is 0 Å². The molecule has 2 aromatic heterocycles. The fourth-order valence-corrected chi connectivity index (χ4v) is 2.31. The van der Waals surface area contributed by atoms with Crippen molar-refractivity contribution in [3.63, 3.8) is 0 Å². The number of imidazole rings is 1. The number of rotatable bonds is 4. The quantitative estimate of drug-likeness (QED) is 0.685. The summed E-state index contributed by atoms with van der Waals surface area (Å²) >= 11 is 0. The van der Waals surface area contributed by atoms with Gasteiger partial charge in [-0.3, -0.25) is 0 Å². The van der Waals surface area contributed by atoms with E-state index in [4.69, 9.17) is 0 Å². The zero-order chi connectivity index (χ0) is 12.4. The van der Waals surface area contributed by atoms with Gasteiger partial charge in [0.2, 0.25) is 0 Å². The lowest BCUT2D eigenvalue weighted by Crippen LogP contribution is -2.04. The van der Waals surface area contributed by atoms with Gasteiger partial charge in [0.15, 0.2) is 0 Å². The average molecular weight is 239 g/mol. The first-order chi connectivity index (χ1) is 8.86. The molecule has 0 aliphatic rings. The molecule has 0 saturated heterocycles. The van der Waals surface area contributed by atoms with E-state index >= 15 is 0 Å². The Labute approximate surface area is 107 Å². The van der Waals surface area contributed by atoms with Crippen molar-refractivity contribution in [1.82, 2.24) is 14.1 Å². The predicted molar refractivity (Wildman–Crippen MR) is 73.6 cm³/mol. The highest BCUT2D eigenvalue weighted by Crippen LogP contribution is 2.12. The third kappa shape index (κ3) is 2.04. The molecule has 0 aliphatic carbocycles. The van der Waals surface area contributed by atoms with Crippen LogP contribution in [-0.4, -0.2) is 14.1 Å². The molecule has 1 aromatic carbocycles. The Morgan fingerprint density at radius 3 is 2.94 bits per heavy atom. The lowest BCUT2D eigenvalue weighted by molar-refractivity contribution is 0.623. The summed E-state index contributed by atoms with van der Waals surface area (Å²) in [6.07, 6.45) is 8.61. The highest BCUT2D eigenvalue weighted by Gasteiger charge is 2.02. The van der Waals surface area contributed by atoms with E-state index in [1.165, 1.54) is 17.5 Å². The Bertz CT molecular complexity index is 648. The Hall–Kier alpha value is -2.03. The number of aromatic nitrogens is 3. The zero-order valence-corrected chi connectivity index (χ0v) is 10.6. The predicted octanol–water partition coefficient (Wildman–Crippen LogP) is 3.30. The van der Waals surface area contributed by atoms with Crippen LogP contribution >= 0.6 is 0 Å². The first-order valence-electron chi connectivity index (χ1n) is 6.41. The maximum atomic E-state index is 4.41. The molecule has 0 radical (unpaired) electrons. The summed E-state index contributed by atoms with van der Waals surface area (Å²) in [5, 5.41) is 0. The minimum absolute atomic E-state index is 0.824. The van der Waals surface area contributed by atoms with E-state index in [2.05, 4.69) is 51.6 Å². The molecule has 0 saturated carbocycles. The molecule has 0 aliphatic heterocycles. The molecule has 0 spiro atoms. The first-order valence-corrected chi connectivity index (χ1v) is 6.41. The number of fused-ring (bicyclic) bond motifs is 1. The van der Waals surface area contributed by atoms with Crippen LogP contribution in [0.15, 0.2) is 49.1 Å². The first kappa shape index (κ1) is 11.1. The summed E-state index contributed by atoms with van der Waals surface area (Å²) in [4.78, 5) is 4.41. The largest absolute Gasteiger partial charge is 0.336 e. The monoisotopic (exact) mass is 239 g/mol. The highest BCUT2D eigenvalue weighted by molar-refractivity contribution is 5.74. The maximum Gasteiger partial charge on any atom is 0.0997 e. The number of para-hydroxylation sites is 2. The number of nitrogens with zero attached hydrogens (tertiary/aromatic N) is 3. The van der Waals surface area contributed by atoms with Gasteiger partial charge in [0, 0.05) is 12.4 Å². The Kier molecular flexibility index (Phi) is 2.89. The molecule has 92 valence electrons. The molecule has 3 aromatic rings. The fraction of sp³-hybridized carbons (Fsp3) is 0.267. The second-order valence-corrected chi connectivity index (χ2v) is 4.63. The summed E-state index contributed by atoms with van der Waals surface area (Å²) < 4.78 is 4.38. The van der Waals surface area contributed by atoms with Gasteiger partial charge in [-0.2, -0.15) is 0 Å². The molecule has 0 bridgehead atoms. The molecule has 18 heavy (non-hydrogen) atoms. The van der Waals surface area contributed by atoms with Crippen molar-refractivity contribution < 1.29 is 0 Å². The van der Waals surface area contributed by atoms with Crippen LogP contribution in [0, 0.1) is 0 Å². The van der Waals surface area contributed by atoms with E-state index in [1.807, 2.05) is 18.5 Å². The maximum absolute atomic E-state index is 4.41. The molecule has 0 fully saturated rings. The van der Waals surface area contributed by atoms with Crippen molar-refractivity contribution in [2.24, 2.45) is 0 Å². The molecular weight excluding hydrogens is 222 g/mol. The minimum Gasteiger partial charge on any atom is -0.336 e. The Balaban J connectivity index is 1.87. The third-order valence-corrected chi connectivity index (χ3v) is 3.19. The highest BCUT2D eigenvalue weighted by atomic mass is 15.2. The van der Waals surface area contributed by atoms with Crippen LogP contribution in [-0.2, 0) is 13.1 Å². The summed E-state index contributed by atoms with van der Waals surface area (Å²) in [6, 6.07) is 10.4. The lowest BCUT2D eigenvalue weighted by Gasteiger charge is -2.05. The number of benzene rings is 1. The van der Waals surface area contributed by atoms with E-state index in [-0.39, 0.29) is 0 Å². The molecule has 3 heteroatoms. The topological polar surface area (TPSA) is 22.8 Å². The van der Waals surface area contributed by atoms with Gasteiger partial charge in [0.25, 0.3) is 0 Å². The Morgan fingerprint density at radius 2 is 2.06 bits per heavy atom. The van der Waals surface area contributed by atoms with Crippen LogP contribution in [0.25, 0.3) is 11.0 Å². The van der Waals surface area contributed by atoms with Gasteiger partial charge in [-0.05, 0) is 30.2 Å². The normalized spacial score (nSPS) is 11.2. The lowest BCUT2D eigenvalue weighted by atomic mass is 10.2. The van der Waals surface area contributed by atoms with E-state index in [0.29, 0.717) is 0 Å². The Morgan fingerprint density at radius 1 is 1.17 bits per heavy atom. The third-order valence-electron chi connectivity index (χ3n) is 3.19. The van der Waals surface area contributed by atoms with Gasteiger partial charge >= 0.3 is 0 Å². The molecule has 2 heterocycles. The van der Waals surface area contributed by atoms with Crippen LogP contribution in [0.4, 0.5) is 0 Å². The zero-order valence-electron chi connectivity index (χ0n) is 10.6. The average Bonchev–Trinajstić information content (AvgIpc) is 2.99. The summed E-state index contributed by atoms with van der Waals surface area (Å²) in [5.41, 5.74) is 3.64. The van der Waals surface area contributed by atoms with Gasteiger partial charge in [-0.1, -0.05) is 25.5 Å². The van der Waals surface area contributed by atoms with E-state index in [0.717, 1.165) is 18.6 Å². The van der Waals surface area contributed by atoms with E-state index in [9.17, 15) is 0 Å². The molecule has 0 atom stereocenters. The van der Waals surface area contributed by atoms with Crippen LogP contribution in [0.2, 0.25) is 0 Å². The van der Waals surface area contributed by atoms with Crippen molar-refractivity contribution >= 4 is 11.0 Å². The van der Waals surface area contributed by atoms with E-state index in [1.54, 1.807) is 0 Å². The van der Waals surface area contributed by atoms with E-state index < -0.39 is 0 Å². The van der Waals surface area contributed by atoms with Crippen LogP contribution < -0.4 is 0 Å². The SMILES string of the molecule is CCCc1ccn(Cn2cnc3ccccc32)c1. The standard InChI is InChI=1S/C15H17N3/c1-2-5-13-8-9-17(10-13)12-18-11-16-14-6-3-4-7-15(14)18/h3-4,6-11H,2,5,12H2,1H3. The second-order valence-electron chi connectivity index (χ2n) is 4.63. The van der Waals surface area contributed by atoms with Gasteiger partial charge in [0.1, 0.15) is 0 Å². The van der Waals surface area contributed by atoms with Crippen molar-refractivity contribution in [2.45, 2.75) is 26.4 Å². The summed E-state index contributed by atoms with van der Waals surface area (Å²) in [7, 11) is 0. The van der Waals surface area contributed by atoms with Crippen molar-refractivity contribution in [2.75, 3.05) is 0 Å². The molecule has 0 N–H and O–H groups in total. The summed E-state index contributed by atoms with van der Waals surface area (Å²) in [5.74, 6) is 0. The molecule has 3 nitrogen and oxygen atoms in total. The van der Waals surface area contributed by atoms with Gasteiger partial charge in [-0.15, -0.1) is 0 Å². The number of aryl methyl sites for hydroxylation is 1. The fourth-order valence-electron chi connectivity index (χ4n) is 2.31. The van der Waals surface area contributed by atoms with Crippen molar-refractivity contribution in [1.29, 1.82) is 0 Å². The smallest absolute Gasteiger partial charge is 0.0997 e. The van der Waals surface area contributed by atoms with Gasteiger partial charge < -0.3 is 9.13 Å². The number of hydrogen-bond acceptors (Lipinski definition) is 1. The van der Waals surface area contributed by atoms with Crippen LogP contribution in [0.3, 0.4) is 0 Å². The second kappa shape index (κ2) is 4.69. The van der Waals surface area contributed by atoms with Gasteiger partial charge in [0.05, 0.1) is 24.0 Å². The minimum atomic E-state index is 0.824. The molecule has 3 rings (SSSR count).